The smallest absolute Gasteiger partial charge is 0.409 e. The Labute approximate surface area is 231 Å². The Morgan fingerprint density at radius 2 is 1.88 bits per heavy atom. The molecule has 0 radical (unpaired) electrons. The largest absolute Gasteiger partial charge is 0.449 e. The highest BCUT2D eigenvalue weighted by Gasteiger charge is 2.48. The third-order valence-corrected chi connectivity index (χ3v) is 8.27. The molecule has 0 bridgehead atoms. The molecule has 2 aliphatic heterocycles. The summed E-state index contributed by atoms with van der Waals surface area (Å²) < 4.78 is 12.7. The van der Waals surface area contributed by atoms with Gasteiger partial charge in [0.1, 0.15) is 17.7 Å². The number of aromatic nitrogens is 4. The number of hydrogen-bond acceptors (Lipinski definition) is 10. The number of amides is 2. The molecule has 214 valence electrons. The molecule has 2 aliphatic carbocycles. The number of carbonyl (C=O) groups is 2. The van der Waals surface area contributed by atoms with Gasteiger partial charge in [-0.25, -0.2) is 19.7 Å². The summed E-state index contributed by atoms with van der Waals surface area (Å²) in [6.07, 6.45) is 3.71. The fraction of sp³-hybridized carbons (Fsp3) is 0.667. The highest BCUT2D eigenvalue weighted by atomic mass is 16.6. The van der Waals surface area contributed by atoms with Gasteiger partial charge in [0.2, 0.25) is 5.82 Å². The molecule has 13 nitrogen and oxygen atoms in total. The molecule has 4 heterocycles. The first-order valence-corrected chi connectivity index (χ1v) is 14.1. The summed E-state index contributed by atoms with van der Waals surface area (Å²) in [6.45, 7) is 1.83. The van der Waals surface area contributed by atoms with Crippen molar-refractivity contribution in [2.75, 3.05) is 25.4 Å². The van der Waals surface area contributed by atoms with Gasteiger partial charge in [-0.3, -0.25) is 9.36 Å². The molecule has 4 aliphatic rings. The van der Waals surface area contributed by atoms with Gasteiger partial charge < -0.3 is 35.6 Å². The van der Waals surface area contributed by atoms with Crippen molar-refractivity contribution in [1.29, 1.82) is 0 Å². The highest BCUT2D eigenvalue weighted by molar-refractivity contribution is 5.83. The molecule has 1 unspecified atom stereocenters. The third kappa shape index (κ3) is 5.56. The van der Waals surface area contributed by atoms with Gasteiger partial charge in [0, 0.05) is 25.6 Å². The van der Waals surface area contributed by atoms with Gasteiger partial charge in [-0.1, -0.05) is 12.3 Å². The molecule has 4 fully saturated rings. The van der Waals surface area contributed by atoms with Gasteiger partial charge >= 0.3 is 6.09 Å². The second kappa shape index (κ2) is 11.2. The maximum atomic E-state index is 12.5. The minimum absolute atomic E-state index is 0.0906. The number of fused-ring (bicyclic) bond motifs is 1. The lowest BCUT2D eigenvalue weighted by Gasteiger charge is -2.32. The monoisotopic (exact) mass is 553 g/mol. The number of nitrogen functional groups attached to an aromatic ring is 1. The van der Waals surface area contributed by atoms with E-state index in [0.29, 0.717) is 43.5 Å². The number of imidazole rings is 1. The van der Waals surface area contributed by atoms with Crippen molar-refractivity contribution in [2.45, 2.75) is 81.9 Å². The Kier molecular flexibility index (Phi) is 7.48. The van der Waals surface area contributed by atoms with E-state index in [0.717, 1.165) is 38.5 Å². The SMILES string of the molecule is Nc1nc(C#CCC2CCN(C(=O)OCC3CCC3)CC2)nc2c1ncn2[C@@H]1OC(C(=O)NC2CC2)[C@@H](O)[C@H]1O. The van der Waals surface area contributed by atoms with E-state index in [9.17, 15) is 19.8 Å². The summed E-state index contributed by atoms with van der Waals surface area (Å²) in [4.78, 5) is 39.5. The molecular weight excluding hydrogens is 518 g/mol. The van der Waals surface area contributed by atoms with Crippen LogP contribution in [0, 0.1) is 23.7 Å². The maximum Gasteiger partial charge on any atom is 0.409 e. The van der Waals surface area contributed by atoms with Crippen molar-refractivity contribution in [1.82, 2.24) is 29.7 Å². The van der Waals surface area contributed by atoms with Crippen LogP contribution < -0.4 is 11.1 Å². The summed E-state index contributed by atoms with van der Waals surface area (Å²) in [5, 5.41) is 23.9. The topological polar surface area (TPSA) is 178 Å². The lowest BCUT2D eigenvalue weighted by atomic mass is 9.86. The highest BCUT2D eigenvalue weighted by Crippen LogP contribution is 2.33. The molecule has 2 aromatic heterocycles. The Balaban J connectivity index is 1.08. The fourth-order valence-electron chi connectivity index (χ4n) is 5.33. The van der Waals surface area contributed by atoms with E-state index in [1.54, 1.807) is 4.90 Å². The minimum Gasteiger partial charge on any atom is -0.449 e. The molecular formula is C27H35N7O6. The molecule has 40 heavy (non-hydrogen) atoms. The minimum atomic E-state index is -1.41. The first-order valence-electron chi connectivity index (χ1n) is 14.1. The van der Waals surface area contributed by atoms with Crippen LogP contribution in [0.2, 0.25) is 0 Å². The van der Waals surface area contributed by atoms with Gasteiger partial charge in [-0.15, -0.1) is 0 Å². The van der Waals surface area contributed by atoms with Crippen LogP contribution >= 0.6 is 0 Å². The predicted octanol–water partition coefficient (Wildman–Crippen LogP) is 0.697. The number of anilines is 1. The average Bonchev–Trinajstić information content (AvgIpc) is 3.55. The third-order valence-electron chi connectivity index (χ3n) is 8.27. The molecule has 2 saturated heterocycles. The molecule has 0 spiro atoms. The Morgan fingerprint density at radius 3 is 2.58 bits per heavy atom. The van der Waals surface area contributed by atoms with E-state index >= 15 is 0 Å². The lowest BCUT2D eigenvalue weighted by Crippen LogP contribution is -2.43. The number of carbonyl (C=O) groups excluding carboxylic acids is 2. The van der Waals surface area contributed by atoms with Crippen LogP contribution in [-0.4, -0.2) is 90.7 Å². The summed E-state index contributed by atoms with van der Waals surface area (Å²) >= 11 is 0. The summed E-state index contributed by atoms with van der Waals surface area (Å²) in [6, 6.07) is 0.0906. The number of likely N-dealkylation sites (tertiary alicyclic amines) is 1. The van der Waals surface area contributed by atoms with Crippen molar-refractivity contribution >= 4 is 29.0 Å². The summed E-state index contributed by atoms with van der Waals surface area (Å²) in [5.41, 5.74) is 6.71. The molecule has 0 aromatic carbocycles. The van der Waals surface area contributed by atoms with Gasteiger partial charge in [-0.05, 0) is 56.3 Å². The average molecular weight is 554 g/mol. The zero-order valence-corrected chi connectivity index (χ0v) is 22.2. The van der Waals surface area contributed by atoms with Crippen LogP contribution in [0.3, 0.4) is 0 Å². The fourth-order valence-corrected chi connectivity index (χ4v) is 5.33. The van der Waals surface area contributed by atoms with Crippen LogP contribution in [-0.2, 0) is 14.3 Å². The van der Waals surface area contributed by atoms with Crippen molar-refractivity contribution < 1.29 is 29.3 Å². The van der Waals surface area contributed by atoms with E-state index in [-0.39, 0.29) is 29.4 Å². The summed E-state index contributed by atoms with van der Waals surface area (Å²) in [7, 11) is 0. The van der Waals surface area contributed by atoms with Gasteiger partial charge in [0.25, 0.3) is 5.91 Å². The maximum absolute atomic E-state index is 12.5. The van der Waals surface area contributed by atoms with Gasteiger partial charge in [0.15, 0.2) is 23.8 Å². The molecule has 2 aromatic rings. The number of hydrogen-bond donors (Lipinski definition) is 4. The number of aliphatic hydroxyl groups is 2. The van der Waals surface area contributed by atoms with Gasteiger partial charge in [-0.2, -0.15) is 0 Å². The number of ether oxygens (including phenoxy) is 2. The molecule has 6 rings (SSSR count). The predicted molar refractivity (Wildman–Crippen MR) is 141 cm³/mol. The number of aliphatic hydroxyl groups excluding tert-OH is 2. The first-order chi connectivity index (χ1) is 19.4. The van der Waals surface area contributed by atoms with Gasteiger partial charge in [0.05, 0.1) is 12.9 Å². The normalized spacial score (nSPS) is 27.2. The van der Waals surface area contributed by atoms with Crippen LogP contribution in [0.15, 0.2) is 6.33 Å². The zero-order chi connectivity index (χ0) is 27.8. The number of rotatable bonds is 6. The van der Waals surface area contributed by atoms with Crippen LogP contribution in [0.4, 0.5) is 10.6 Å². The summed E-state index contributed by atoms with van der Waals surface area (Å²) in [5.74, 6) is 6.84. The Bertz CT molecular complexity index is 1320. The Morgan fingerprint density at radius 1 is 1.10 bits per heavy atom. The number of piperidine rings is 1. The van der Waals surface area contributed by atoms with Crippen molar-refractivity contribution in [3.05, 3.63) is 12.2 Å². The molecule has 5 N–H and O–H groups in total. The molecule has 2 saturated carbocycles. The van der Waals surface area contributed by atoms with E-state index in [1.807, 2.05) is 0 Å². The van der Waals surface area contributed by atoms with E-state index in [2.05, 4.69) is 32.1 Å². The standard InChI is InChI=1S/C27H35N7O6/c28-23-19-24(34(14-29-19)26-21(36)20(35)22(40-26)25(37)30-17-7-8-17)32-18(31-23)6-2-3-15-9-11-33(12-10-15)27(38)39-13-16-4-1-5-16/h14-17,20-22,26,35-36H,1,3-5,7-13H2,(H,30,37)(H2,28,31,32)/t20-,21+,22?,26+/m0/s1. The van der Waals surface area contributed by atoms with Crippen molar-refractivity contribution in [3.8, 4) is 11.8 Å². The second-order valence-corrected chi connectivity index (χ2v) is 11.3. The van der Waals surface area contributed by atoms with Crippen LogP contribution in [0.1, 0.15) is 63.4 Å². The van der Waals surface area contributed by atoms with E-state index < -0.39 is 30.4 Å². The number of nitrogens with one attached hydrogen (secondary N) is 1. The van der Waals surface area contributed by atoms with Crippen LogP contribution in [0.5, 0.6) is 0 Å². The Hall–Kier alpha value is -3.47. The molecule has 2 amide bonds. The lowest BCUT2D eigenvalue weighted by molar-refractivity contribution is -0.137. The number of nitrogens with zero attached hydrogens (tertiary/aromatic N) is 5. The molecule has 4 atom stereocenters. The quantitative estimate of drug-likeness (QED) is 0.372. The van der Waals surface area contributed by atoms with E-state index in [4.69, 9.17) is 15.2 Å². The first kappa shape index (κ1) is 26.7. The zero-order valence-electron chi connectivity index (χ0n) is 22.2. The van der Waals surface area contributed by atoms with Crippen LogP contribution in [0.25, 0.3) is 11.2 Å². The number of nitrogens with two attached hydrogens (primary N) is 1. The second-order valence-electron chi connectivity index (χ2n) is 11.3. The van der Waals surface area contributed by atoms with E-state index in [1.165, 1.54) is 17.3 Å². The molecule has 13 heteroatoms. The van der Waals surface area contributed by atoms with Crippen molar-refractivity contribution in [3.63, 3.8) is 0 Å². The van der Waals surface area contributed by atoms with Crippen molar-refractivity contribution in [2.24, 2.45) is 11.8 Å².